The average Bonchev–Trinajstić information content (AvgIpc) is 2.67. The highest BCUT2D eigenvalue weighted by atomic mass is 16.2. The van der Waals surface area contributed by atoms with Crippen molar-refractivity contribution in [2.24, 2.45) is 5.92 Å². The van der Waals surface area contributed by atoms with Crippen molar-refractivity contribution in [3.05, 3.63) is 36.3 Å². The van der Waals surface area contributed by atoms with Crippen LogP contribution < -0.4 is 10.2 Å². The lowest BCUT2D eigenvalue weighted by atomic mass is 10.2. The minimum atomic E-state index is -0.0865. The molecule has 1 amide bonds. The van der Waals surface area contributed by atoms with Gasteiger partial charge >= 0.3 is 0 Å². The lowest BCUT2D eigenvalue weighted by Gasteiger charge is -2.34. The Balaban J connectivity index is 1.55. The third kappa shape index (κ3) is 4.40. The Hall–Kier alpha value is -2.77. The molecular formula is C17H23N7O. The third-order valence-electron chi connectivity index (χ3n) is 3.98. The molecule has 2 aromatic rings. The summed E-state index contributed by atoms with van der Waals surface area (Å²) >= 11 is 0. The van der Waals surface area contributed by atoms with Gasteiger partial charge in [-0.3, -0.25) is 4.79 Å². The Morgan fingerprint density at radius 3 is 2.44 bits per heavy atom. The van der Waals surface area contributed by atoms with Crippen molar-refractivity contribution in [1.82, 2.24) is 25.1 Å². The van der Waals surface area contributed by atoms with Crippen LogP contribution in [-0.4, -0.2) is 63.7 Å². The molecule has 0 unspecified atom stereocenters. The van der Waals surface area contributed by atoms with Gasteiger partial charge in [-0.25, -0.2) is 9.97 Å². The summed E-state index contributed by atoms with van der Waals surface area (Å²) < 4.78 is 0. The minimum absolute atomic E-state index is 0.0865. The van der Waals surface area contributed by atoms with E-state index in [9.17, 15) is 4.79 Å². The topological polar surface area (TPSA) is 87.1 Å². The average molecular weight is 341 g/mol. The summed E-state index contributed by atoms with van der Waals surface area (Å²) in [5, 5.41) is 11.4. The monoisotopic (exact) mass is 341 g/mol. The number of hydrogen-bond donors (Lipinski definition) is 1. The number of anilines is 2. The molecule has 132 valence electrons. The van der Waals surface area contributed by atoms with E-state index in [0.29, 0.717) is 49.6 Å². The molecule has 0 bridgehead atoms. The van der Waals surface area contributed by atoms with E-state index >= 15 is 0 Å². The van der Waals surface area contributed by atoms with Crippen molar-refractivity contribution in [1.29, 1.82) is 0 Å². The summed E-state index contributed by atoms with van der Waals surface area (Å²) in [5.41, 5.74) is 0.375. The molecule has 0 spiro atoms. The van der Waals surface area contributed by atoms with Gasteiger partial charge in [0, 0.05) is 45.1 Å². The summed E-state index contributed by atoms with van der Waals surface area (Å²) in [7, 11) is 0. The molecule has 25 heavy (non-hydrogen) atoms. The van der Waals surface area contributed by atoms with Gasteiger partial charge in [0.1, 0.15) is 5.82 Å². The van der Waals surface area contributed by atoms with E-state index in [1.807, 2.05) is 0 Å². The second-order valence-electron chi connectivity index (χ2n) is 6.41. The molecule has 0 radical (unpaired) electrons. The minimum Gasteiger partial charge on any atom is -0.368 e. The van der Waals surface area contributed by atoms with Gasteiger partial charge in [-0.05, 0) is 24.1 Å². The molecule has 1 saturated heterocycles. The molecule has 1 aliphatic rings. The Morgan fingerprint density at radius 1 is 1.12 bits per heavy atom. The fourth-order valence-electron chi connectivity index (χ4n) is 2.58. The SMILES string of the molecule is CC(C)CNc1ccc(C(=O)N2CCN(c3ncccn3)CC2)nn1. The van der Waals surface area contributed by atoms with E-state index in [1.54, 1.807) is 35.5 Å². The Kier molecular flexibility index (Phi) is 5.37. The standard InChI is InChI=1S/C17H23N7O/c1-13(2)12-20-15-5-4-14(21-22-15)16(25)23-8-10-24(11-9-23)17-18-6-3-7-19-17/h3-7,13H,8-12H2,1-2H3,(H,20,22). The fraction of sp³-hybridized carbons (Fsp3) is 0.471. The predicted octanol–water partition coefficient (Wildman–Crippen LogP) is 1.30. The van der Waals surface area contributed by atoms with Crippen molar-refractivity contribution in [3.8, 4) is 0 Å². The van der Waals surface area contributed by atoms with Gasteiger partial charge in [0.25, 0.3) is 5.91 Å². The zero-order chi connectivity index (χ0) is 17.6. The maximum atomic E-state index is 12.6. The van der Waals surface area contributed by atoms with Crippen molar-refractivity contribution in [3.63, 3.8) is 0 Å². The summed E-state index contributed by atoms with van der Waals surface area (Å²) in [5.74, 6) is 1.83. The van der Waals surface area contributed by atoms with Gasteiger partial charge in [0.15, 0.2) is 5.69 Å². The Morgan fingerprint density at radius 2 is 1.84 bits per heavy atom. The molecule has 3 heterocycles. The van der Waals surface area contributed by atoms with Gasteiger partial charge in [0.2, 0.25) is 5.95 Å². The number of amides is 1. The molecule has 8 heteroatoms. The number of carbonyl (C=O) groups is 1. The van der Waals surface area contributed by atoms with Crippen LogP contribution in [0.2, 0.25) is 0 Å². The van der Waals surface area contributed by atoms with Crippen LogP contribution in [0.25, 0.3) is 0 Å². The molecule has 0 aromatic carbocycles. The highest BCUT2D eigenvalue weighted by Crippen LogP contribution is 2.12. The van der Waals surface area contributed by atoms with Crippen molar-refractivity contribution >= 4 is 17.7 Å². The van der Waals surface area contributed by atoms with Crippen LogP contribution in [0.15, 0.2) is 30.6 Å². The zero-order valence-electron chi connectivity index (χ0n) is 14.6. The molecule has 0 atom stereocenters. The molecule has 1 aliphatic heterocycles. The first-order valence-electron chi connectivity index (χ1n) is 8.52. The maximum absolute atomic E-state index is 12.6. The molecule has 0 saturated carbocycles. The predicted molar refractivity (Wildman–Crippen MR) is 95.5 cm³/mol. The molecule has 8 nitrogen and oxygen atoms in total. The summed E-state index contributed by atoms with van der Waals surface area (Å²) in [4.78, 5) is 25.0. The van der Waals surface area contributed by atoms with E-state index in [2.05, 4.69) is 44.2 Å². The highest BCUT2D eigenvalue weighted by Gasteiger charge is 2.24. The second kappa shape index (κ2) is 7.87. The van der Waals surface area contributed by atoms with Gasteiger partial charge in [0.05, 0.1) is 0 Å². The van der Waals surface area contributed by atoms with Gasteiger partial charge < -0.3 is 15.1 Å². The van der Waals surface area contributed by atoms with Crippen LogP contribution in [-0.2, 0) is 0 Å². The fourth-order valence-corrected chi connectivity index (χ4v) is 2.58. The van der Waals surface area contributed by atoms with Crippen LogP contribution in [0.1, 0.15) is 24.3 Å². The van der Waals surface area contributed by atoms with Crippen molar-refractivity contribution in [2.45, 2.75) is 13.8 Å². The van der Waals surface area contributed by atoms with Crippen LogP contribution >= 0.6 is 0 Å². The lowest BCUT2D eigenvalue weighted by Crippen LogP contribution is -2.49. The van der Waals surface area contributed by atoms with Crippen LogP contribution in [0.4, 0.5) is 11.8 Å². The first kappa shape index (κ1) is 17.1. The Bertz CT molecular complexity index is 682. The highest BCUT2D eigenvalue weighted by molar-refractivity contribution is 5.92. The largest absolute Gasteiger partial charge is 0.368 e. The van der Waals surface area contributed by atoms with Gasteiger partial charge in [-0.15, -0.1) is 10.2 Å². The normalized spacial score (nSPS) is 14.7. The number of carbonyl (C=O) groups excluding carboxylic acids is 1. The van der Waals surface area contributed by atoms with Gasteiger partial charge in [-0.1, -0.05) is 13.8 Å². The number of hydrogen-bond acceptors (Lipinski definition) is 7. The smallest absolute Gasteiger partial charge is 0.274 e. The summed E-state index contributed by atoms with van der Waals surface area (Å²) in [6.45, 7) is 7.72. The molecule has 2 aromatic heterocycles. The molecule has 3 rings (SSSR count). The van der Waals surface area contributed by atoms with Crippen LogP contribution in [0, 0.1) is 5.92 Å². The first-order chi connectivity index (χ1) is 12.1. The third-order valence-corrected chi connectivity index (χ3v) is 3.98. The van der Waals surface area contributed by atoms with E-state index in [-0.39, 0.29) is 5.91 Å². The zero-order valence-corrected chi connectivity index (χ0v) is 14.6. The van der Waals surface area contributed by atoms with Crippen LogP contribution in [0.3, 0.4) is 0 Å². The first-order valence-corrected chi connectivity index (χ1v) is 8.52. The lowest BCUT2D eigenvalue weighted by molar-refractivity contribution is 0.0739. The maximum Gasteiger partial charge on any atom is 0.274 e. The quantitative estimate of drug-likeness (QED) is 0.877. The van der Waals surface area contributed by atoms with Crippen molar-refractivity contribution < 1.29 is 4.79 Å². The van der Waals surface area contributed by atoms with Gasteiger partial charge in [-0.2, -0.15) is 0 Å². The molecular weight excluding hydrogens is 318 g/mol. The number of nitrogens with one attached hydrogen (secondary N) is 1. The molecule has 1 fully saturated rings. The summed E-state index contributed by atoms with van der Waals surface area (Å²) in [6.07, 6.45) is 3.45. The Labute approximate surface area is 147 Å². The number of aromatic nitrogens is 4. The summed E-state index contributed by atoms with van der Waals surface area (Å²) in [6, 6.07) is 5.32. The second-order valence-corrected chi connectivity index (χ2v) is 6.41. The number of rotatable bonds is 5. The number of nitrogens with zero attached hydrogens (tertiary/aromatic N) is 6. The van der Waals surface area contributed by atoms with E-state index in [1.165, 1.54) is 0 Å². The van der Waals surface area contributed by atoms with E-state index < -0.39 is 0 Å². The van der Waals surface area contributed by atoms with Crippen molar-refractivity contribution in [2.75, 3.05) is 42.9 Å². The molecule has 0 aliphatic carbocycles. The van der Waals surface area contributed by atoms with Crippen LogP contribution in [0.5, 0.6) is 0 Å². The number of piperazine rings is 1. The molecule has 1 N–H and O–H groups in total. The van der Waals surface area contributed by atoms with E-state index in [0.717, 1.165) is 6.54 Å². The van der Waals surface area contributed by atoms with E-state index in [4.69, 9.17) is 0 Å².